The van der Waals surface area contributed by atoms with Gasteiger partial charge in [0.15, 0.2) is 4.34 Å². The summed E-state index contributed by atoms with van der Waals surface area (Å²) >= 11 is 8.94. The normalized spacial score (nSPS) is 16.2. The largest absolute Gasteiger partial charge is 0.507 e. The maximum Gasteiger partial charge on any atom is 0.301 e. The average molecular weight is 621 g/mol. The summed E-state index contributed by atoms with van der Waals surface area (Å²) in [6, 6.07) is 17.0. The molecule has 5 rings (SSSR count). The van der Waals surface area contributed by atoms with E-state index in [4.69, 9.17) is 16.3 Å². The molecule has 1 unspecified atom stereocenters. The lowest BCUT2D eigenvalue weighted by Gasteiger charge is -2.22. The predicted molar refractivity (Wildman–Crippen MR) is 166 cm³/mol. The number of carbonyl (C=O) groups excluding carboxylic acids is 2. The Morgan fingerprint density at radius 2 is 1.79 bits per heavy atom. The van der Waals surface area contributed by atoms with E-state index in [-0.39, 0.29) is 16.5 Å². The quantitative estimate of drug-likeness (QED) is 0.0434. The fourth-order valence-electron chi connectivity index (χ4n) is 4.59. The van der Waals surface area contributed by atoms with E-state index >= 15 is 0 Å². The van der Waals surface area contributed by atoms with Crippen LogP contribution in [-0.2, 0) is 15.3 Å². The summed E-state index contributed by atoms with van der Waals surface area (Å²) in [5.41, 5.74) is 1.93. The zero-order chi connectivity index (χ0) is 29.5. The van der Waals surface area contributed by atoms with Crippen molar-refractivity contribution in [3.05, 3.63) is 100 Å². The smallest absolute Gasteiger partial charge is 0.301 e. The molecule has 1 fully saturated rings. The van der Waals surface area contributed by atoms with Gasteiger partial charge in [0, 0.05) is 28.7 Å². The fraction of sp³-hybridized carbons (Fsp3) is 0.258. The third kappa shape index (κ3) is 6.67. The van der Waals surface area contributed by atoms with Gasteiger partial charge in [-0.3, -0.25) is 19.5 Å². The van der Waals surface area contributed by atoms with Crippen molar-refractivity contribution >= 4 is 57.3 Å². The van der Waals surface area contributed by atoms with E-state index in [2.05, 4.69) is 22.1 Å². The number of ketones is 1. The minimum Gasteiger partial charge on any atom is -0.507 e. The van der Waals surface area contributed by atoms with Gasteiger partial charge in [-0.15, -0.1) is 10.2 Å². The van der Waals surface area contributed by atoms with Crippen LogP contribution in [-0.4, -0.2) is 38.6 Å². The van der Waals surface area contributed by atoms with E-state index in [1.165, 1.54) is 46.8 Å². The van der Waals surface area contributed by atoms with Crippen LogP contribution >= 0.6 is 34.7 Å². The maximum atomic E-state index is 13.5. The second kappa shape index (κ2) is 14.0. The molecule has 1 atom stereocenters. The summed E-state index contributed by atoms with van der Waals surface area (Å²) < 4.78 is 6.51. The van der Waals surface area contributed by atoms with Crippen molar-refractivity contribution in [1.82, 2.24) is 15.2 Å². The van der Waals surface area contributed by atoms with Crippen LogP contribution < -0.4 is 9.64 Å². The van der Waals surface area contributed by atoms with Gasteiger partial charge in [-0.1, -0.05) is 91.2 Å². The Labute approximate surface area is 257 Å². The highest BCUT2D eigenvalue weighted by atomic mass is 35.5. The Morgan fingerprint density at radius 1 is 1.02 bits per heavy atom. The number of benzene rings is 2. The summed E-state index contributed by atoms with van der Waals surface area (Å²) in [5, 5.41) is 20.7. The number of pyridine rings is 1. The van der Waals surface area contributed by atoms with E-state index in [9.17, 15) is 14.7 Å². The number of ether oxygens (including phenoxy) is 1. The molecule has 42 heavy (non-hydrogen) atoms. The van der Waals surface area contributed by atoms with Crippen LogP contribution in [0.25, 0.3) is 5.76 Å². The number of rotatable bonds is 12. The molecular weight excluding hydrogens is 592 g/mol. The van der Waals surface area contributed by atoms with Crippen molar-refractivity contribution in [3.63, 3.8) is 0 Å². The zero-order valence-electron chi connectivity index (χ0n) is 22.9. The summed E-state index contributed by atoms with van der Waals surface area (Å²) in [4.78, 5) is 32.2. The third-order valence-electron chi connectivity index (χ3n) is 6.77. The average Bonchev–Trinajstić information content (AvgIpc) is 3.58. The molecule has 1 N–H and O–H groups in total. The molecule has 2 aromatic carbocycles. The number of nitrogens with zero attached hydrogens (tertiary/aromatic N) is 4. The Kier molecular flexibility index (Phi) is 9.89. The molecular formula is C31H29ClN4O4S2. The highest BCUT2D eigenvalue weighted by Gasteiger charge is 2.48. The molecule has 0 bridgehead atoms. The number of halogens is 1. The first kappa shape index (κ1) is 29.8. The number of Topliss-reactive ketones (excluding diaryl/α,β-unsaturated/α-hetero) is 1. The first-order valence-corrected chi connectivity index (χ1v) is 15.8. The number of aliphatic hydroxyl groups is 1. The highest BCUT2D eigenvalue weighted by Crippen LogP contribution is 2.44. The number of thioether (sulfide) groups is 1. The molecule has 0 saturated carbocycles. The second-order valence-electron chi connectivity index (χ2n) is 9.61. The molecule has 4 aromatic rings. The van der Waals surface area contributed by atoms with Gasteiger partial charge in [-0.2, -0.15) is 0 Å². The van der Waals surface area contributed by atoms with Crippen LogP contribution in [0.3, 0.4) is 0 Å². The number of unbranched alkanes of at least 4 members (excludes halogenated alkanes) is 3. The van der Waals surface area contributed by atoms with Gasteiger partial charge in [-0.25, -0.2) is 0 Å². The highest BCUT2D eigenvalue weighted by molar-refractivity contribution is 8.00. The van der Waals surface area contributed by atoms with Crippen molar-refractivity contribution in [1.29, 1.82) is 0 Å². The fourth-order valence-corrected chi connectivity index (χ4v) is 6.74. The Balaban J connectivity index is 1.45. The van der Waals surface area contributed by atoms with Crippen LogP contribution in [0.4, 0.5) is 5.13 Å². The molecule has 216 valence electrons. The number of anilines is 1. The minimum atomic E-state index is -0.911. The van der Waals surface area contributed by atoms with E-state index in [1.807, 2.05) is 36.4 Å². The molecule has 1 saturated heterocycles. The standard InChI is InChI=1S/C31H29ClN4O4S2/c1-2-3-4-7-18-40-23-12-10-20(11-13-23)26-25(27(37)21-14-16-33-17-15-21)28(38)29(39)36(26)30-34-35-31(42-30)41-19-22-8-5-6-9-24(22)32/h5-6,8-17,26,37H,2-4,7,18-19H2,1H3. The summed E-state index contributed by atoms with van der Waals surface area (Å²) in [6.45, 7) is 2.78. The lowest BCUT2D eigenvalue weighted by Crippen LogP contribution is -2.29. The lowest BCUT2D eigenvalue weighted by molar-refractivity contribution is -0.132. The number of aromatic nitrogens is 3. The number of amides is 1. The monoisotopic (exact) mass is 620 g/mol. The van der Waals surface area contributed by atoms with Gasteiger partial charge >= 0.3 is 5.91 Å². The van der Waals surface area contributed by atoms with Crippen molar-refractivity contribution in [3.8, 4) is 5.75 Å². The molecule has 0 aliphatic carbocycles. The van der Waals surface area contributed by atoms with Crippen molar-refractivity contribution in [2.75, 3.05) is 11.5 Å². The van der Waals surface area contributed by atoms with Gasteiger partial charge < -0.3 is 9.84 Å². The van der Waals surface area contributed by atoms with E-state index < -0.39 is 17.7 Å². The van der Waals surface area contributed by atoms with Crippen molar-refractivity contribution in [2.24, 2.45) is 0 Å². The van der Waals surface area contributed by atoms with Gasteiger partial charge in [-0.05, 0) is 47.9 Å². The molecule has 0 radical (unpaired) electrons. The van der Waals surface area contributed by atoms with Gasteiger partial charge in [0.1, 0.15) is 11.5 Å². The van der Waals surface area contributed by atoms with Gasteiger partial charge in [0.05, 0.1) is 18.2 Å². The van der Waals surface area contributed by atoms with E-state index in [0.717, 1.165) is 24.8 Å². The lowest BCUT2D eigenvalue weighted by atomic mass is 9.95. The molecule has 11 heteroatoms. The molecule has 0 spiro atoms. The van der Waals surface area contributed by atoms with E-state index in [0.29, 0.717) is 38.6 Å². The van der Waals surface area contributed by atoms with Crippen LogP contribution in [0.2, 0.25) is 5.02 Å². The summed E-state index contributed by atoms with van der Waals surface area (Å²) in [7, 11) is 0. The number of hydrogen-bond donors (Lipinski definition) is 1. The molecule has 1 aliphatic rings. The number of hydrogen-bond acceptors (Lipinski definition) is 9. The Bertz CT molecular complexity index is 1580. The van der Waals surface area contributed by atoms with Crippen LogP contribution in [0.1, 0.15) is 55.3 Å². The van der Waals surface area contributed by atoms with E-state index in [1.54, 1.807) is 24.3 Å². The second-order valence-corrected chi connectivity index (χ2v) is 12.2. The van der Waals surface area contributed by atoms with Gasteiger partial charge in [0.25, 0.3) is 5.78 Å². The zero-order valence-corrected chi connectivity index (χ0v) is 25.3. The minimum absolute atomic E-state index is 0.0279. The first-order chi connectivity index (χ1) is 20.5. The number of carbonyl (C=O) groups is 2. The molecule has 2 aromatic heterocycles. The van der Waals surface area contributed by atoms with Gasteiger partial charge in [0.2, 0.25) is 5.13 Å². The van der Waals surface area contributed by atoms with Crippen LogP contribution in [0.5, 0.6) is 5.75 Å². The van der Waals surface area contributed by atoms with Crippen LogP contribution in [0, 0.1) is 0 Å². The summed E-state index contributed by atoms with van der Waals surface area (Å²) in [5.74, 6) is -0.608. The summed E-state index contributed by atoms with van der Waals surface area (Å²) in [6.07, 6.45) is 7.43. The van der Waals surface area contributed by atoms with Crippen molar-refractivity contribution < 1.29 is 19.4 Å². The molecule has 8 nitrogen and oxygen atoms in total. The van der Waals surface area contributed by atoms with Crippen molar-refractivity contribution in [2.45, 2.75) is 48.7 Å². The third-order valence-corrected chi connectivity index (χ3v) is 9.24. The topological polar surface area (TPSA) is 106 Å². The molecule has 1 amide bonds. The maximum absolute atomic E-state index is 13.5. The number of aliphatic hydroxyl groups excluding tert-OH is 1. The Morgan fingerprint density at radius 3 is 2.52 bits per heavy atom. The predicted octanol–water partition coefficient (Wildman–Crippen LogP) is 7.46. The first-order valence-electron chi connectivity index (χ1n) is 13.6. The molecule has 1 aliphatic heterocycles. The van der Waals surface area contributed by atoms with Crippen LogP contribution in [0.15, 0.2) is 83.0 Å². The molecule has 3 heterocycles. The SMILES string of the molecule is CCCCCCOc1ccc(C2C(=C(O)c3ccncc3)C(=O)C(=O)N2c2nnc(SCc3ccccc3Cl)s2)cc1. The Hall–Kier alpha value is -3.73.